The van der Waals surface area contributed by atoms with E-state index in [-0.39, 0.29) is 11.3 Å². The molecule has 21 heavy (non-hydrogen) atoms. The zero-order chi connectivity index (χ0) is 15.2. The van der Waals surface area contributed by atoms with E-state index >= 15 is 0 Å². The molecule has 2 rings (SSSR count). The maximum absolute atomic E-state index is 6.33. The number of ether oxygens (including phenoxy) is 1. The van der Waals surface area contributed by atoms with E-state index < -0.39 is 0 Å². The van der Waals surface area contributed by atoms with Gasteiger partial charge in [-0.25, -0.2) is 4.98 Å². The number of benzene rings is 1. The highest BCUT2D eigenvalue weighted by Gasteiger charge is 2.22. The van der Waals surface area contributed by atoms with Gasteiger partial charge in [0.1, 0.15) is 10.8 Å². The van der Waals surface area contributed by atoms with Gasteiger partial charge in [-0.3, -0.25) is 0 Å². The first kappa shape index (κ1) is 16.3. The van der Waals surface area contributed by atoms with Crippen molar-refractivity contribution < 1.29 is 4.74 Å². The van der Waals surface area contributed by atoms with Crippen LogP contribution in [0.2, 0.25) is 0 Å². The molecule has 0 saturated carbocycles. The van der Waals surface area contributed by atoms with Gasteiger partial charge in [-0.2, -0.15) is 0 Å². The molecule has 3 nitrogen and oxygen atoms in total. The second-order valence-corrected chi connectivity index (χ2v) is 6.66. The highest BCUT2D eigenvalue weighted by molar-refractivity contribution is 9.10. The predicted octanol–water partition coefficient (Wildman–Crippen LogP) is 4.42. The van der Waals surface area contributed by atoms with Crippen molar-refractivity contribution in [2.24, 2.45) is 5.73 Å². The van der Waals surface area contributed by atoms with Crippen molar-refractivity contribution in [2.75, 3.05) is 7.11 Å². The molecule has 0 amide bonds. The molecule has 1 aromatic carbocycles. The second-order valence-electron chi connectivity index (χ2n) is 4.68. The molecule has 2 N–H and O–H groups in total. The maximum Gasteiger partial charge on any atom is 0.119 e. The standard InChI is InChI=1S/C16H19BrN2OS/c1-3-14(18)15(11-6-4-7-12(10-11)20-2)21-16-13(17)8-5-9-19-16/h4-10,14-15H,3,18H2,1-2H3. The van der Waals surface area contributed by atoms with Gasteiger partial charge in [0.15, 0.2) is 0 Å². The minimum absolute atomic E-state index is 0.0519. The van der Waals surface area contributed by atoms with Gasteiger partial charge in [0, 0.05) is 16.7 Å². The highest BCUT2D eigenvalue weighted by atomic mass is 79.9. The summed E-state index contributed by atoms with van der Waals surface area (Å²) in [4.78, 5) is 4.43. The lowest BCUT2D eigenvalue weighted by atomic mass is 10.0. The Morgan fingerprint density at radius 2 is 2.14 bits per heavy atom. The van der Waals surface area contributed by atoms with Crippen LogP contribution in [0.3, 0.4) is 0 Å². The zero-order valence-corrected chi connectivity index (χ0v) is 14.5. The molecule has 5 heteroatoms. The van der Waals surface area contributed by atoms with E-state index in [4.69, 9.17) is 10.5 Å². The summed E-state index contributed by atoms with van der Waals surface area (Å²) in [5, 5.41) is 1.09. The number of halogens is 1. The second kappa shape index (κ2) is 7.82. The molecule has 0 bridgehead atoms. The molecule has 0 saturated heterocycles. The molecule has 0 aliphatic carbocycles. The van der Waals surface area contributed by atoms with Gasteiger partial charge in [0.25, 0.3) is 0 Å². The van der Waals surface area contributed by atoms with Crippen LogP contribution in [0.15, 0.2) is 52.1 Å². The van der Waals surface area contributed by atoms with Gasteiger partial charge in [-0.15, -0.1) is 0 Å². The fourth-order valence-electron chi connectivity index (χ4n) is 2.01. The predicted molar refractivity (Wildman–Crippen MR) is 91.8 cm³/mol. The lowest BCUT2D eigenvalue weighted by Crippen LogP contribution is -2.25. The summed E-state index contributed by atoms with van der Waals surface area (Å²) in [7, 11) is 1.68. The summed E-state index contributed by atoms with van der Waals surface area (Å²) in [5.41, 5.74) is 7.49. The van der Waals surface area contributed by atoms with E-state index in [0.717, 1.165) is 27.2 Å². The maximum atomic E-state index is 6.33. The average Bonchev–Trinajstić information content (AvgIpc) is 2.53. The van der Waals surface area contributed by atoms with Crippen molar-refractivity contribution in [3.05, 3.63) is 52.6 Å². The number of hydrogen-bond acceptors (Lipinski definition) is 4. The minimum atomic E-state index is 0.0519. The van der Waals surface area contributed by atoms with E-state index in [1.165, 1.54) is 0 Å². The molecule has 0 radical (unpaired) electrons. The van der Waals surface area contributed by atoms with Crippen LogP contribution < -0.4 is 10.5 Å². The van der Waals surface area contributed by atoms with E-state index in [0.29, 0.717) is 0 Å². The van der Waals surface area contributed by atoms with Crippen molar-refractivity contribution in [1.29, 1.82) is 0 Å². The first-order valence-corrected chi connectivity index (χ1v) is 8.49. The first-order valence-electron chi connectivity index (χ1n) is 6.82. The van der Waals surface area contributed by atoms with E-state index in [2.05, 4.69) is 33.9 Å². The number of nitrogens with two attached hydrogens (primary N) is 1. The SMILES string of the molecule is CCC(N)C(Sc1ncccc1Br)c1cccc(OC)c1. The van der Waals surface area contributed by atoms with Crippen molar-refractivity contribution >= 4 is 27.7 Å². The van der Waals surface area contributed by atoms with Crippen molar-refractivity contribution in [3.8, 4) is 5.75 Å². The summed E-state index contributed by atoms with van der Waals surface area (Å²) >= 11 is 5.23. The molecule has 2 aromatic rings. The number of pyridine rings is 1. The molecule has 112 valence electrons. The lowest BCUT2D eigenvalue weighted by molar-refractivity contribution is 0.414. The van der Waals surface area contributed by atoms with Crippen LogP contribution in [0.1, 0.15) is 24.2 Å². The van der Waals surface area contributed by atoms with Crippen LogP contribution in [0.25, 0.3) is 0 Å². The normalized spacial score (nSPS) is 13.7. The smallest absolute Gasteiger partial charge is 0.119 e. The Morgan fingerprint density at radius 1 is 1.33 bits per heavy atom. The minimum Gasteiger partial charge on any atom is -0.497 e. The molecule has 1 heterocycles. The van der Waals surface area contributed by atoms with Crippen LogP contribution in [-0.2, 0) is 0 Å². The van der Waals surface area contributed by atoms with Gasteiger partial charge in [0.2, 0.25) is 0 Å². The molecule has 2 unspecified atom stereocenters. The molecule has 0 fully saturated rings. The van der Waals surface area contributed by atoms with Gasteiger partial charge >= 0.3 is 0 Å². The Morgan fingerprint density at radius 3 is 2.81 bits per heavy atom. The van der Waals surface area contributed by atoms with Gasteiger partial charge in [0.05, 0.1) is 12.4 Å². The highest BCUT2D eigenvalue weighted by Crippen LogP contribution is 2.40. The number of thioether (sulfide) groups is 1. The Kier molecular flexibility index (Phi) is 6.08. The van der Waals surface area contributed by atoms with Gasteiger partial charge < -0.3 is 10.5 Å². The van der Waals surface area contributed by atoms with Gasteiger partial charge in [-0.05, 0) is 52.2 Å². The van der Waals surface area contributed by atoms with Gasteiger partial charge in [-0.1, -0.05) is 30.8 Å². The molecule has 0 aliphatic heterocycles. The zero-order valence-electron chi connectivity index (χ0n) is 12.1. The molecular formula is C16H19BrN2OS. The Hall–Kier alpha value is -1.04. The van der Waals surface area contributed by atoms with Crippen LogP contribution in [-0.4, -0.2) is 18.1 Å². The largest absolute Gasteiger partial charge is 0.497 e. The van der Waals surface area contributed by atoms with Crippen LogP contribution in [0.4, 0.5) is 0 Å². The van der Waals surface area contributed by atoms with E-state index in [1.807, 2.05) is 30.3 Å². The van der Waals surface area contributed by atoms with Crippen molar-refractivity contribution in [3.63, 3.8) is 0 Å². The fraction of sp³-hybridized carbons (Fsp3) is 0.312. The number of methoxy groups -OCH3 is 1. The number of hydrogen-bond donors (Lipinski definition) is 1. The van der Waals surface area contributed by atoms with Crippen LogP contribution in [0.5, 0.6) is 5.75 Å². The summed E-state index contributed by atoms with van der Waals surface area (Å²) < 4.78 is 6.31. The monoisotopic (exact) mass is 366 g/mol. The summed E-state index contributed by atoms with van der Waals surface area (Å²) in [6.45, 7) is 2.10. The number of nitrogens with zero attached hydrogens (tertiary/aromatic N) is 1. The van der Waals surface area contributed by atoms with E-state index in [1.54, 1.807) is 25.1 Å². The summed E-state index contributed by atoms with van der Waals surface area (Å²) in [6, 6.07) is 12.0. The Bertz CT molecular complexity index is 594. The van der Waals surface area contributed by atoms with Crippen molar-refractivity contribution in [1.82, 2.24) is 4.98 Å². The quantitative estimate of drug-likeness (QED) is 0.768. The summed E-state index contributed by atoms with van der Waals surface area (Å²) in [5.74, 6) is 0.849. The topological polar surface area (TPSA) is 48.1 Å². The molecule has 1 aromatic heterocycles. The van der Waals surface area contributed by atoms with Crippen LogP contribution >= 0.6 is 27.7 Å². The molecule has 2 atom stereocenters. The van der Waals surface area contributed by atoms with Crippen molar-refractivity contribution in [2.45, 2.75) is 29.7 Å². The molecule has 0 aliphatic rings. The number of aromatic nitrogens is 1. The third-order valence-electron chi connectivity index (χ3n) is 3.25. The summed E-state index contributed by atoms with van der Waals surface area (Å²) in [6.07, 6.45) is 2.70. The Balaban J connectivity index is 2.32. The fourth-order valence-corrected chi connectivity index (χ4v) is 3.74. The Labute approximate surface area is 138 Å². The molecule has 0 spiro atoms. The number of rotatable bonds is 6. The third-order valence-corrected chi connectivity index (χ3v) is 5.57. The lowest BCUT2D eigenvalue weighted by Gasteiger charge is -2.23. The third kappa shape index (κ3) is 4.22. The molecular weight excluding hydrogens is 348 g/mol. The van der Waals surface area contributed by atoms with Crippen LogP contribution in [0, 0.1) is 0 Å². The average molecular weight is 367 g/mol. The van der Waals surface area contributed by atoms with E-state index in [9.17, 15) is 0 Å². The first-order chi connectivity index (χ1) is 10.2.